The van der Waals surface area contributed by atoms with Crippen molar-refractivity contribution in [2.75, 3.05) is 6.61 Å². The van der Waals surface area contributed by atoms with Crippen molar-refractivity contribution in [2.24, 2.45) is 0 Å². The first-order valence-electron chi connectivity index (χ1n) is 4.60. The topological polar surface area (TPSA) is 83.8 Å². The van der Waals surface area contributed by atoms with Crippen LogP contribution in [-0.2, 0) is 20.5 Å². The Morgan fingerprint density at radius 3 is 2.25 bits per heavy atom. The van der Waals surface area contributed by atoms with E-state index >= 15 is 0 Å². The minimum Gasteiger partial charge on any atom is -0.466 e. The van der Waals surface area contributed by atoms with Gasteiger partial charge >= 0.3 is 14.2 Å². The fraction of sp³-hybridized carbons (Fsp3) is 0.300. The smallest absolute Gasteiger partial charge is 0.466 e. The van der Waals surface area contributed by atoms with Crippen molar-refractivity contribution in [3.8, 4) is 0 Å². The van der Waals surface area contributed by atoms with Gasteiger partial charge in [-0.25, -0.2) is 0 Å². The Bertz CT molecular complexity index is 321. The van der Waals surface area contributed by atoms with E-state index in [1.54, 1.807) is 0 Å². The van der Waals surface area contributed by atoms with Gasteiger partial charge in [0.15, 0.2) is 0 Å². The van der Waals surface area contributed by atoms with Gasteiger partial charge in [0.25, 0.3) is 0 Å². The molecule has 0 atom stereocenters. The summed E-state index contributed by atoms with van der Waals surface area (Å²) in [5.41, 5.74) is 0.996. The van der Waals surface area contributed by atoms with E-state index in [4.69, 9.17) is 19.1 Å². The summed E-state index contributed by atoms with van der Waals surface area (Å²) < 4.78 is 13.5. The van der Waals surface area contributed by atoms with E-state index in [9.17, 15) is 4.79 Å². The second-order valence-electron chi connectivity index (χ2n) is 2.72. The van der Waals surface area contributed by atoms with Gasteiger partial charge in [-0.15, -0.1) is 9.79 Å². The molecule has 0 aliphatic carbocycles. The molecule has 1 aromatic carbocycles. The lowest BCUT2D eigenvalue weighted by Gasteiger charge is -2.00. The van der Waals surface area contributed by atoms with Crippen molar-refractivity contribution in [2.45, 2.75) is 13.3 Å². The highest BCUT2D eigenvalue weighted by Crippen LogP contribution is 2.00. The quantitative estimate of drug-likeness (QED) is 0.621. The zero-order valence-electron chi connectivity index (χ0n) is 8.87. The minimum absolute atomic E-state index is 0.163. The molecule has 0 bridgehead atoms. The third-order valence-electron chi connectivity index (χ3n) is 1.50. The molecule has 0 radical (unpaired) electrons. The molecule has 1 aromatic rings. The lowest BCUT2D eigenvalue weighted by atomic mass is 10.2. The van der Waals surface area contributed by atoms with E-state index in [0.29, 0.717) is 13.0 Å². The molecular weight excluding hydrogens is 231 g/mol. The monoisotopic (exact) mass is 245 g/mol. The summed E-state index contributed by atoms with van der Waals surface area (Å²) in [5.74, 6) is -0.163. The van der Waals surface area contributed by atoms with E-state index in [-0.39, 0.29) is 5.97 Å². The molecule has 2 N–H and O–H groups in total. The van der Waals surface area contributed by atoms with Crippen LogP contribution in [0.4, 0.5) is 0 Å². The third-order valence-corrected chi connectivity index (χ3v) is 1.50. The van der Waals surface area contributed by atoms with Crippen LogP contribution in [0.3, 0.4) is 0 Å². The molecule has 0 heterocycles. The van der Waals surface area contributed by atoms with Crippen molar-refractivity contribution in [3.05, 3.63) is 35.9 Å². The van der Waals surface area contributed by atoms with Gasteiger partial charge in [0.2, 0.25) is 0 Å². The molecule has 0 saturated heterocycles. The standard InChI is InChI=1S/C10H12O2.HO3P/c1-2-12-10(11)8-9-6-4-3-5-7-9;1-4(2)3/h3-7H,2,8H2,1H3;(H-,1,2,3)/p+1. The van der Waals surface area contributed by atoms with E-state index in [0.717, 1.165) is 5.56 Å². The molecule has 6 heteroatoms. The summed E-state index contributed by atoms with van der Waals surface area (Å²) in [6, 6.07) is 9.58. The van der Waals surface area contributed by atoms with E-state index in [1.165, 1.54) is 0 Å². The van der Waals surface area contributed by atoms with Crippen molar-refractivity contribution < 1.29 is 23.9 Å². The number of ether oxygens (including phenoxy) is 1. The van der Waals surface area contributed by atoms with Crippen LogP contribution < -0.4 is 0 Å². The normalized spacial score (nSPS) is 8.69. The van der Waals surface area contributed by atoms with Gasteiger partial charge in [0.05, 0.1) is 13.0 Å². The fourth-order valence-electron chi connectivity index (χ4n) is 0.975. The molecule has 88 valence electrons. The summed E-state index contributed by atoms with van der Waals surface area (Å²) in [6.45, 7) is 2.26. The second kappa shape index (κ2) is 8.97. The van der Waals surface area contributed by atoms with Crippen molar-refractivity contribution in [1.82, 2.24) is 0 Å². The summed E-state index contributed by atoms with van der Waals surface area (Å²) in [5, 5.41) is 0. The highest BCUT2D eigenvalue weighted by Gasteiger charge is 2.01. The predicted molar refractivity (Wildman–Crippen MR) is 58.8 cm³/mol. The molecule has 16 heavy (non-hydrogen) atoms. The first kappa shape index (κ1) is 14.7. The molecule has 5 nitrogen and oxygen atoms in total. The van der Waals surface area contributed by atoms with Gasteiger partial charge in [-0.05, 0) is 12.5 Å². The molecule has 0 aliphatic heterocycles. The zero-order valence-corrected chi connectivity index (χ0v) is 9.76. The first-order valence-corrected chi connectivity index (χ1v) is 5.77. The van der Waals surface area contributed by atoms with Crippen LogP contribution in [0.1, 0.15) is 12.5 Å². The lowest BCUT2D eigenvalue weighted by Crippen LogP contribution is -2.06. The van der Waals surface area contributed by atoms with Gasteiger partial charge in [-0.3, -0.25) is 4.79 Å². The Balaban J connectivity index is 0.000000487. The molecule has 1 rings (SSSR count). The van der Waals surface area contributed by atoms with Crippen LogP contribution >= 0.6 is 8.25 Å². The Kier molecular flexibility index (Phi) is 8.25. The molecule has 0 saturated carbocycles. The first-order chi connectivity index (χ1) is 7.56. The van der Waals surface area contributed by atoms with Crippen molar-refractivity contribution in [3.63, 3.8) is 0 Å². The third kappa shape index (κ3) is 9.27. The average molecular weight is 245 g/mol. The summed E-state index contributed by atoms with van der Waals surface area (Å²) >= 11 is 0. The van der Waals surface area contributed by atoms with E-state index in [1.807, 2.05) is 37.3 Å². The second-order valence-corrected chi connectivity index (χ2v) is 3.23. The zero-order chi connectivity index (χ0) is 12.4. The molecule has 0 aromatic heterocycles. The molecule has 0 amide bonds. The van der Waals surface area contributed by atoms with Gasteiger partial charge in [0, 0.05) is 4.57 Å². The van der Waals surface area contributed by atoms with Gasteiger partial charge in [-0.2, -0.15) is 0 Å². The van der Waals surface area contributed by atoms with Crippen LogP contribution in [0.5, 0.6) is 0 Å². The number of esters is 1. The number of hydrogen-bond donors (Lipinski definition) is 2. The Morgan fingerprint density at radius 2 is 1.81 bits per heavy atom. The Hall–Kier alpha value is -1.29. The SMILES string of the molecule is CCOC(=O)Cc1ccccc1.O=[P+](O)O. The molecular formula is C10H14O5P+. The van der Waals surface area contributed by atoms with Gasteiger partial charge < -0.3 is 4.74 Å². The van der Waals surface area contributed by atoms with Crippen LogP contribution in [0, 0.1) is 0 Å². The lowest BCUT2D eigenvalue weighted by molar-refractivity contribution is -0.142. The van der Waals surface area contributed by atoms with Crippen molar-refractivity contribution >= 4 is 14.2 Å². The van der Waals surface area contributed by atoms with E-state index in [2.05, 4.69) is 0 Å². The minimum atomic E-state index is -2.87. The molecule has 0 fully saturated rings. The Morgan fingerprint density at radius 1 is 1.31 bits per heavy atom. The average Bonchev–Trinajstić information content (AvgIpc) is 2.18. The molecule has 0 spiro atoms. The number of carbonyl (C=O) groups is 1. The number of rotatable bonds is 3. The number of carbonyl (C=O) groups excluding carboxylic acids is 1. The van der Waals surface area contributed by atoms with E-state index < -0.39 is 8.25 Å². The van der Waals surface area contributed by atoms with Gasteiger partial charge in [0.1, 0.15) is 0 Å². The fourth-order valence-corrected chi connectivity index (χ4v) is 0.975. The summed E-state index contributed by atoms with van der Waals surface area (Å²) in [6.07, 6.45) is 0.370. The summed E-state index contributed by atoms with van der Waals surface area (Å²) in [4.78, 5) is 25.2. The Labute approximate surface area is 94.6 Å². The van der Waals surface area contributed by atoms with Crippen LogP contribution in [0.15, 0.2) is 30.3 Å². The number of benzene rings is 1. The maximum absolute atomic E-state index is 11.0. The highest BCUT2D eigenvalue weighted by atomic mass is 31.1. The van der Waals surface area contributed by atoms with Crippen molar-refractivity contribution in [1.29, 1.82) is 0 Å². The van der Waals surface area contributed by atoms with Crippen LogP contribution in [0.2, 0.25) is 0 Å². The molecule has 0 unspecified atom stereocenters. The molecule has 0 aliphatic rings. The number of hydrogen-bond acceptors (Lipinski definition) is 3. The highest BCUT2D eigenvalue weighted by molar-refractivity contribution is 7.30. The predicted octanol–water partition coefficient (Wildman–Crippen LogP) is 1.42. The van der Waals surface area contributed by atoms with Crippen LogP contribution in [-0.4, -0.2) is 22.4 Å². The maximum atomic E-state index is 11.0. The van der Waals surface area contributed by atoms with Gasteiger partial charge in [-0.1, -0.05) is 30.3 Å². The summed E-state index contributed by atoms with van der Waals surface area (Å²) in [7, 11) is -2.87. The largest absolute Gasteiger partial charge is 0.692 e. The maximum Gasteiger partial charge on any atom is 0.692 e. The van der Waals surface area contributed by atoms with Crippen LogP contribution in [0.25, 0.3) is 0 Å².